The van der Waals surface area contributed by atoms with Crippen molar-refractivity contribution >= 4 is 11.6 Å². The third kappa shape index (κ3) is 4.75. The Bertz CT molecular complexity index is 894. The minimum Gasteiger partial charge on any atom is -0.346 e. The van der Waals surface area contributed by atoms with Gasteiger partial charge in [0.15, 0.2) is 0 Å². The summed E-state index contributed by atoms with van der Waals surface area (Å²) in [5.74, 6) is 0.675. The molecule has 2 aliphatic heterocycles. The molecule has 0 saturated carbocycles. The number of amides is 1. The summed E-state index contributed by atoms with van der Waals surface area (Å²) in [6, 6.07) is 4.13. The molecule has 1 atom stereocenters. The Balaban J connectivity index is 1.55. The number of carbonyl (C=O) groups excluding carboxylic acids is 1. The number of allylic oxidation sites excluding steroid dienone is 6. The first-order valence-corrected chi connectivity index (χ1v) is 11.4. The van der Waals surface area contributed by atoms with E-state index in [1.165, 1.54) is 22.4 Å². The van der Waals surface area contributed by atoms with E-state index < -0.39 is 0 Å². The molecule has 1 aromatic rings. The third-order valence-corrected chi connectivity index (χ3v) is 6.42. The number of aromatic nitrogens is 1. The maximum Gasteiger partial charge on any atom is 0.226 e. The van der Waals surface area contributed by atoms with Gasteiger partial charge in [-0.1, -0.05) is 30.7 Å². The van der Waals surface area contributed by atoms with Crippen molar-refractivity contribution < 1.29 is 4.79 Å². The molecule has 0 bridgehead atoms. The van der Waals surface area contributed by atoms with Crippen molar-refractivity contribution in [3.63, 3.8) is 0 Å². The quantitative estimate of drug-likeness (QED) is 0.643. The molecule has 1 aliphatic carbocycles. The lowest BCUT2D eigenvalue weighted by Crippen LogP contribution is -2.36. The van der Waals surface area contributed by atoms with Crippen molar-refractivity contribution in [3.05, 3.63) is 71.4 Å². The van der Waals surface area contributed by atoms with Gasteiger partial charge in [0.25, 0.3) is 0 Å². The van der Waals surface area contributed by atoms with Crippen LogP contribution in [0.25, 0.3) is 0 Å². The predicted octanol–water partition coefficient (Wildman–Crippen LogP) is 5.76. The van der Waals surface area contributed by atoms with Gasteiger partial charge in [0.05, 0.1) is 11.9 Å². The molecule has 0 radical (unpaired) electrons. The number of anilines is 1. The lowest BCUT2D eigenvalue weighted by Gasteiger charge is -2.33. The molecule has 1 fully saturated rings. The van der Waals surface area contributed by atoms with E-state index in [0.717, 1.165) is 57.3 Å². The number of carbonyl (C=O) groups is 1. The van der Waals surface area contributed by atoms with Crippen LogP contribution in [0.1, 0.15) is 58.8 Å². The minimum absolute atomic E-state index is 0.307. The molecule has 0 aromatic carbocycles. The highest BCUT2D eigenvalue weighted by Crippen LogP contribution is 2.32. The molecule has 1 saturated heterocycles. The zero-order valence-corrected chi connectivity index (χ0v) is 18.3. The van der Waals surface area contributed by atoms with Gasteiger partial charge in [-0.15, -0.1) is 0 Å². The fourth-order valence-corrected chi connectivity index (χ4v) is 4.64. The van der Waals surface area contributed by atoms with Crippen LogP contribution in [0.3, 0.4) is 0 Å². The molecule has 1 amide bonds. The van der Waals surface area contributed by atoms with Gasteiger partial charge in [-0.05, 0) is 74.6 Å². The maximum absolute atomic E-state index is 12.4. The van der Waals surface area contributed by atoms with Gasteiger partial charge in [-0.3, -0.25) is 9.78 Å². The Labute approximate surface area is 180 Å². The number of hydrogen-bond acceptors (Lipinski definition) is 3. The molecular weight excluding hydrogens is 370 g/mol. The first kappa shape index (κ1) is 20.6. The van der Waals surface area contributed by atoms with Crippen LogP contribution >= 0.6 is 0 Å². The number of nitrogens with zero attached hydrogens (tertiary/aromatic N) is 3. The molecule has 1 aromatic heterocycles. The smallest absolute Gasteiger partial charge is 0.226 e. The number of rotatable bonds is 3. The van der Waals surface area contributed by atoms with Crippen molar-refractivity contribution in [2.45, 2.75) is 58.8 Å². The lowest BCUT2D eigenvalue weighted by molar-refractivity contribution is -0.131. The summed E-state index contributed by atoms with van der Waals surface area (Å²) in [6.07, 6.45) is 20.0. The van der Waals surface area contributed by atoms with Crippen LogP contribution in [0.4, 0.5) is 5.69 Å². The second-order valence-corrected chi connectivity index (χ2v) is 8.77. The molecule has 4 nitrogen and oxygen atoms in total. The summed E-state index contributed by atoms with van der Waals surface area (Å²) < 4.78 is 0. The summed E-state index contributed by atoms with van der Waals surface area (Å²) >= 11 is 0. The molecule has 4 rings (SSSR count). The van der Waals surface area contributed by atoms with Crippen LogP contribution < -0.4 is 4.90 Å². The first-order chi connectivity index (χ1) is 14.6. The monoisotopic (exact) mass is 403 g/mol. The van der Waals surface area contributed by atoms with Crippen LogP contribution in [0.2, 0.25) is 0 Å². The van der Waals surface area contributed by atoms with Gasteiger partial charge in [-0.2, -0.15) is 0 Å². The van der Waals surface area contributed by atoms with Crippen LogP contribution in [0.15, 0.2) is 71.4 Å². The lowest BCUT2D eigenvalue weighted by atomic mass is 9.90. The second kappa shape index (κ2) is 9.46. The van der Waals surface area contributed by atoms with Crippen molar-refractivity contribution in [1.82, 2.24) is 9.88 Å². The zero-order chi connectivity index (χ0) is 20.9. The van der Waals surface area contributed by atoms with Gasteiger partial charge < -0.3 is 9.80 Å². The topological polar surface area (TPSA) is 36.4 Å². The van der Waals surface area contributed by atoms with E-state index in [2.05, 4.69) is 59.1 Å². The Hall–Kier alpha value is -2.62. The van der Waals surface area contributed by atoms with E-state index >= 15 is 0 Å². The molecule has 1 unspecified atom stereocenters. The van der Waals surface area contributed by atoms with Crippen molar-refractivity contribution in [2.75, 3.05) is 18.0 Å². The molecule has 3 heterocycles. The van der Waals surface area contributed by atoms with Crippen LogP contribution in [0.5, 0.6) is 0 Å². The number of hydrogen-bond donors (Lipinski definition) is 0. The first-order valence-electron chi connectivity index (χ1n) is 11.4. The molecule has 0 spiro atoms. The average Bonchev–Trinajstić information content (AvgIpc) is 2.94. The van der Waals surface area contributed by atoms with Crippen LogP contribution in [-0.2, 0) is 4.79 Å². The zero-order valence-electron chi connectivity index (χ0n) is 18.3. The molecule has 0 N–H and O–H groups in total. The van der Waals surface area contributed by atoms with Crippen molar-refractivity contribution in [3.8, 4) is 0 Å². The van der Waals surface area contributed by atoms with E-state index in [0.29, 0.717) is 18.2 Å². The third-order valence-electron chi connectivity index (χ3n) is 6.42. The molecule has 158 valence electrons. The fraction of sp³-hybridized carbons (Fsp3) is 0.462. The van der Waals surface area contributed by atoms with Gasteiger partial charge in [-0.25, -0.2) is 0 Å². The summed E-state index contributed by atoms with van der Waals surface area (Å²) in [7, 11) is 0. The van der Waals surface area contributed by atoms with Crippen LogP contribution in [-0.4, -0.2) is 28.9 Å². The minimum atomic E-state index is 0.307. The summed E-state index contributed by atoms with van der Waals surface area (Å²) in [6.45, 7) is 6.35. The normalized spacial score (nSPS) is 23.5. The highest BCUT2D eigenvalue weighted by molar-refractivity contribution is 5.78. The summed E-state index contributed by atoms with van der Waals surface area (Å²) in [5.41, 5.74) is 6.53. The summed E-state index contributed by atoms with van der Waals surface area (Å²) in [5, 5.41) is 0. The maximum atomic E-state index is 12.4. The van der Waals surface area contributed by atoms with Gasteiger partial charge in [0.1, 0.15) is 0 Å². The number of piperidine rings is 1. The highest BCUT2D eigenvalue weighted by Gasteiger charge is 2.25. The van der Waals surface area contributed by atoms with Crippen molar-refractivity contribution in [2.24, 2.45) is 5.92 Å². The van der Waals surface area contributed by atoms with Crippen LogP contribution in [0, 0.1) is 5.92 Å². The van der Waals surface area contributed by atoms with Gasteiger partial charge in [0, 0.05) is 37.6 Å². The molecule has 4 heteroatoms. The Morgan fingerprint density at radius 1 is 1.10 bits per heavy atom. The predicted molar refractivity (Wildman–Crippen MR) is 123 cm³/mol. The molecule has 3 aliphatic rings. The highest BCUT2D eigenvalue weighted by atomic mass is 16.2. The second-order valence-electron chi connectivity index (χ2n) is 8.77. The largest absolute Gasteiger partial charge is 0.346 e. The fourth-order valence-electron chi connectivity index (χ4n) is 4.64. The van der Waals surface area contributed by atoms with E-state index in [4.69, 9.17) is 0 Å². The van der Waals surface area contributed by atoms with E-state index in [1.807, 2.05) is 18.5 Å². The SMILES string of the molecule is CC1=CC(C2=CCC(C)C(N3CCCCC3=O)=CCC2)=CN(c2cccnc2)CC1. The Morgan fingerprint density at radius 3 is 2.80 bits per heavy atom. The summed E-state index contributed by atoms with van der Waals surface area (Å²) in [4.78, 5) is 21.1. The number of likely N-dealkylation sites (tertiary alicyclic amines) is 1. The van der Waals surface area contributed by atoms with Crippen molar-refractivity contribution in [1.29, 1.82) is 0 Å². The van der Waals surface area contributed by atoms with E-state index in [9.17, 15) is 4.79 Å². The molecule has 30 heavy (non-hydrogen) atoms. The van der Waals surface area contributed by atoms with E-state index in [1.54, 1.807) is 0 Å². The average molecular weight is 404 g/mol. The Kier molecular flexibility index (Phi) is 6.51. The Morgan fingerprint density at radius 2 is 2.00 bits per heavy atom. The molecular formula is C26H33N3O. The number of pyridine rings is 1. The van der Waals surface area contributed by atoms with Gasteiger partial charge in [0.2, 0.25) is 5.91 Å². The standard InChI is InChI=1S/C26H33N3O/c1-20-13-16-28(24-8-6-14-27-18-24)19-23(17-20)22-7-5-9-25(21(2)11-12-22)29-15-4-3-10-26(29)30/h6,8-9,12,14,17-19,21H,3-5,7,10-11,13,15-16H2,1-2H3. The van der Waals surface area contributed by atoms with E-state index in [-0.39, 0.29) is 0 Å². The van der Waals surface area contributed by atoms with Gasteiger partial charge >= 0.3 is 0 Å².